The molecule has 0 unspecified atom stereocenters. The molecule has 8 rings (SSSR count). The molecule has 0 atom stereocenters. The summed E-state index contributed by atoms with van der Waals surface area (Å²) in [5.41, 5.74) is 1.63. The van der Waals surface area contributed by atoms with Crippen molar-refractivity contribution in [1.29, 1.82) is 0 Å². The summed E-state index contributed by atoms with van der Waals surface area (Å²) in [4.78, 5) is 0. The summed E-state index contributed by atoms with van der Waals surface area (Å²) < 4.78 is 70.3. The maximum atomic E-state index is 7.24. The Kier molecular flexibility index (Phi) is 48.0. The molecule has 0 saturated heterocycles. The van der Waals surface area contributed by atoms with Gasteiger partial charge in [-0.25, -0.2) is 0 Å². The number of fused-ring (bicyclic) bond motifs is 12. The Balaban J connectivity index is 1.45. The predicted molar refractivity (Wildman–Crippen MR) is 506 cm³/mol. The average molecular weight is 1620 g/mol. The van der Waals surface area contributed by atoms with E-state index in [1.54, 1.807) is 0 Å². The number of unbranched alkanes of at least 4 members (excludes halogenated alkanes) is 40. The van der Waals surface area contributed by atoms with Gasteiger partial charge in [-0.05, 0) is 202 Å². The van der Waals surface area contributed by atoms with Gasteiger partial charge in [-0.15, -0.1) is 0 Å². The summed E-state index contributed by atoms with van der Waals surface area (Å²) in [5, 5.41) is 12.9. The fraction of sp³-hybridized carbons (Fsp3) is 0.648. The molecule has 0 N–H and O–H groups in total. The van der Waals surface area contributed by atoms with Crippen LogP contribution in [0.4, 0.5) is 0 Å². The Labute approximate surface area is 717 Å². The molecule has 0 aliphatic heterocycles. The van der Waals surface area contributed by atoms with E-state index in [4.69, 9.17) is 47.4 Å². The van der Waals surface area contributed by atoms with Crippen molar-refractivity contribution in [1.82, 2.24) is 0 Å². The van der Waals surface area contributed by atoms with Crippen LogP contribution >= 0.6 is 0 Å². The lowest BCUT2D eigenvalue weighted by Crippen LogP contribution is -2.04. The zero-order chi connectivity index (χ0) is 83.3. The van der Waals surface area contributed by atoms with Crippen LogP contribution in [0.2, 0.25) is 0 Å². The van der Waals surface area contributed by atoms with Gasteiger partial charge in [0.05, 0.1) is 77.2 Å². The lowest BCUT2D eigenvalue weighted by Gasteiger charge is -2.20. The van der Waals surface area contributed by atoms with Crippen LogP contribution in [0.3, 0.4) is 0 Å². The molecule has 10 nitrogen and oxygen atoms in total. The van der Waals surface area contributed by atoms with E-state index in [-0.39, 0.29) is 0 Å². The zero-order valence-corrected chi connectivity index (χ0v) is 76.4. The molecule has 0 aromatic heterocycles. The minimum absolute atomic E-state index is 0.568. The molecule has 0 fully saturated rings. The normalized spacial score (nSPS) is 11.6. The molecule has 8 aromatic carbocycles. The van der Waals surface area contributed by atoms with Gasteiger partial charge in [0.2, 0.25) is 0 Å². The van der Waals surface area contributed by atoms with Gasteiger partial charge in [-0.2, -0.15) is 0 Å². The Morgan fingerprint density at radius 1 is 0.136 bits per heavy atom. The molecule has 0 aliphatic carbocycles. The lowest BCUT2D eigenvalue weighted by atomic mass is 9.91. The molecule has 0 radical (unpaired) electrons. The second-order valence-electron chi connectivity index (χ2n) is 34.0. The third kappa shape index (κ3) is 32.4. The monoisotopic (exact) mass is 1620 g/mol. The first-order chi connectivity index (χ1) is 58.3. The van der Waals surface area contributed by atoms with Crippen molar-refractivity contribution in [2.75, 3.05) is 66.1 Å². The fourth-order valence-corrected chi connectivity index (χ4v) is 16.4. The second kappa shape index (κ2) is 58.8. The van der Waals surface area contributed by atoms with E-state index >= 15 is 0 Å². The van der Waals surface area contributed by atoms with Crippen molar-refractivity contribution >= 4 is 64.6 Å². The quantitative estimate of drug-likeness (QED) is 0.0208. The molecule has 8 aromatic rings. The van der Waals surface area contributed by atoms with Crippen molar-refractivity contribution in [3.05, 3.63) is 83.9 Å². The molecule has 0 bridgehead atoms. The molecule has 654 valence electrons. The lowest BCUT2D eigenvalue weighted by molar-refractivity contribution is 0.259. The van der Waals surface area contributed by atoms with Crippen molar-refractivity contribution in [3.63, 3.8) is 0 Å². The van der Waals surface area contributed by atoms with Gasteiger partial charge in [0.1, 0.15) is 11.5 Å². The zero-order valence-electron chi connectivity index (χ0n) is 76.4. The Hall–Kier alpha value is -7.12. The molecule has 10 heteroatoms. The van der Waals surface area contributed by atoms with Gasteiger partial charge in [0.25, 0.3) is 0 Å². The number of hydrogen-bond acceptors (Lipinski definition) is 10. The third-order valence-electron chi connectivity index (χ3n) is 23.7. The van der Waals surface area contributed by atoms with Crippen LogP contribution in [0, 0.1) is 11.8 Å². The number of ether oxygens (including phenoxy) is 10. The smallest absolute Gasteiger partial charge is 0.161 e. The van der Waals surface area contributed by atoms with Gasteiger partial charge in [-0.1, -0.05) is 338 Å². The van der Waals surface area contributed by atoms with Crippen molar-refractivity contribution in [2.45, 2.75) is 390 Å². The van der Waals surface area contributed by atoms with E-state index in [0.717, 1.165) is 262 Å². The van der Waals surface area contributed by atoms with Crippen LogP contribution in [0.25, 0.3) is 64.6 Å². The standard InChI is InChI=1S/C108H162O10/c1-11-21-31-41-51-63-109-99-75-89-87(91-77-101(111-65-53-43-33-23-13-3)105(115-69-57-47-37-27-17-7)81-95(91)97-83-107(117-71-59-49-39-29-19-9)103(79-93(89)97)113-67-55-45-35-25-15-5)73-85(99)61-62-86-74-88-90(76-100(86)110-64-52-42-32-22-12-2)94-80-104(114-68-56-46-36-26-16-6)108(118-72-60-50-40-30-20-10)84-98(94)96-82-106(116-70-58-48-38-28-18-8)102(78-92(88)96)112-66-54-44-34-24-14-4/h73-84H,11-60,63-72H2,1-10H3. The molecule has 118 heavy (non-hydrogen) atoms. The van der Waals surface area contributed by atoms with E-state index in [2.05, 4.69) is 154 Å². The van der Waals surface area contributed by atoms with Crippen LogP contribution in [0.15, 0.2) is 72.8 Å². The fourth-order valence-electron chi connectivity index (χ4n) is 16.4. The van der Waals surface area contributed by atoms with Gasteiger partial charge < -0.3 is 47.4 Å². The second-order valence-corrected chi connectivity index (χ2v) is 34.0. The summed E-state index contributed by atoms with van der Waals surface area (Å²) >= 11 is 0. The number of rotatable bonds is 70. The van der Waals surface area contributed by atoms with E-state index in [9.17, 15) is 0 Å². The number of hydrogen-bond donors (Lipinski definition) is 0. The largest absolute Gasteiger partial charge is 0.492 e. The molecule has 0 amide bonds. The molecule has 0 heterocycles. The summed E-state index contributed by atoms with van der Waals surface area (Å²) in [7, 11) is 0. The highest BCUT2D eigenvalue weighted by molar-refractivity contribution is 6.28. The van der Waals surface area contributed by atoms with Crippen molar-refractivity contribution in [2.24, 2.45) is 0 Å². The first kappa shape index (κ1) is 96.3. The third-order valence-corrected chi connectivity index (χ3v) is 23.7. The molecule has 0 saturated carbocycles. The van der Waals surface area contributed by atoms with Gasteiger partial charge in [0, 0.05) is 0 Å². The van der Waals surface area contributed by atoms with E-state index in [0.29, 0.717) is 66.1 Å². The molecular weight excluding hydrogens is 1460 g/mol. The van der Waals surface area contributed by atoms with Gasteiger partial charge >= 0.3 is 0 Å². The highest BCUT2D eigenvalue weighted by Crippen LogP contribution is 2.49. The van der Waals surface area contributed by atoms with E-state index in [1.807, 2.05) is 0 Å². The first-order valence-corrected chi connectivity index (χ1v) is 49.2. The highest BCUT2D eigenvalue weighted by atomic mass is 16.5. The average Bonchev–Trinajstić information content (AvgIpc) is 0.731. The topological polar surface area (TPSA) is 92.3 Å². The van der Waals surface area contributed by atoms with E-state index < -0.39 is 0 Å². The van der Waals surface area contributed by atoms with Crippen molar-refractivity contribution in [3.8, 4) is 69.3 Å². The van der Waals surface area contributed by atoms with Crippen LogP contribution in [0.5, 0.6) is 57.5 Å². The number of benzene rings is 8. The summed E-state index contributed by atoms with van der Waals surface area (Å²) in [5.74, 6) is 15.6. The SMILES string of the molecule is CCCCCCCOc1cc2c(cc1C#Cc1cc3c(cc1OCCCCCCC)c1cc(OCCCCCCC)c(OCCCCCCC)cc1c1cc(OCCCCCCC)c(OCCCCCCC)cc31)c1cc(OCCCCCCC)c(OCCCCCCC)cc1c1cc(OCCCCCCC)c(OCCCCCCC)cc21. The maximum Gasteiger partial charge on any atom is 0.161 e. The van der Waals surface area contributed by atoms with Crippen LogP contribution in [-0.2, 0) is 0 Å². The van der Waals surface area contributed by atoms with Crippen molar-refractivity contribution < 1.29 is 47.4 Å². The van der Waals surface area contributed by atoms with Crippen LogP contribution in [0.1, 0.15) is 401 Å². The Morgan fingerprint density at radius 3 is 0.381 bits per heavy atom. The predicted octanol–water partition coefficient (Wildman–Crippen LogP) is 33.5. The minimum atomic E-state index is 0.568. The highest BCUT2D eigenvalue weighted by Gasteiger charge is 2.24. The minimum Gasteiger partial charge on any atom is -0.492 e. The summed E-state index contributed by atoms with van der Waals surface area (Å²) in [6, 6.07) is 27.5. The molecule has 0 aliphatic rings. The molecule has 0 spiro atoms. The maximum absolute atomic E-state index is 7.24. The van der Waals surface area contributed by atoms with Gasteiger partial charge in [0.15, 0.2) is 46.0 Å². The Bertz CT molecular complexity index is 3790. The van der Waals surface area contributed by atoms with Gasteiger partial charge in [-0.3, -0.25) is 0 Å². The Morgan fingerprint density at radius 2 is 0.246 bits per heavy atom. The molecular formula is C108H162O10. The summed E-state index contributed by atoms with van der Waals surface area (Å²) in [6.07, 6.45) is 57.2. The van der Waals surface area contributed by atoms with E-state index in [1.165, 1.54) is 193 Å². The van der Waals surface area contributed by atoms with Crippen LogP contribution < -0.4 is 47.4 Å². The van der Waals surface area contributed by atoms with Crippen LogP contribution in [-0.4, -0.2) is 66.1 Å². The first-order valence-electron chi connectivity index (χ1n) is 49.2. The summed E-state index contributed by atoms with van der Waals surface area (Å²) in [6.45, 7) is 28.9.